The second-order valence-corrected chi connectivity index (χ2v) is 4.84. The summed E-state index contributed by atoms with van der Waals surface area (Å²) in [6.07, 6.45) is 1.05. The number of anilines is 2. The van der Waals surface area contributed by atoms with E-state index >= 15 is 0 Å². The van der Waals surface area contributed by atoms with Gasteiger partial charge in [-0.25, -0.2) is 0 Å². The maximum Gasteiger partial charge on any atom is 0.0991 e. The number of hydrogen-bond acceptors (Lipinski definition) is 3. The Labute approximate surface area is 112 Å². The molecule has 2 N–H and O–H groups in total. The van der Waals surface area contributed by atoms with Crippen LogP contribution in [-0.2, 0) is 13.0 Å². The third-order valence-electron chi connectivity index (χ3n) is 3.57. The molecule has 3 nitrogen and oxygen atoms in total. The van der Waals surface area contributed by atoms with E-state index in [0.29, 0.717) is 5.56 Å². The molecule has 1 aliphatic heterocycles. The lowest BCUT2D eigenvalue weighted by Gasteiger charge is -2.21. The van der Waals surface area contributed by atoms with Crippen LogP contribution in [0.15, 0.2) is 42.5 Å². The van der Waals surface area contributed by atoms with Crippen molar-refractivity contribution < 1.29 is 0 Å². The van der Waals surface area contributed by atoms with Gasteiger partial charge in [0.2, 0.25) is 0 Å². The Morgan fingerprint density at radius 2 is 1.95 bits per heavy atom. The highest BCUT2D eigenvalue weighted by molar-refractivity contribution is 5.74. The van der Waals surface area contributed by atoms with Crippen molar-refractivity contribution in [2.24, 2.45) is 0 Å². The number of nitrogens with two attached hydrogens (primary N) is 1. The zero-order valence-corrected chi connectivity index (χ0v) is 10.6. The molecule has 1 heterocycles. The smallest absolute Gasteiger partial charge is 0.0991 e. The fourth-order valence-electron chi connectivity index (χ4n) is 2.63. The van der Waals surface area contributed by atoms with Crippen LogP contribution in [0.5, 0.6) is 0 Å². The van der Waals surface area contributed by atoms with Crippen LogP contribution < -0.4 is 10.6 Å². The topological polar surface area (TPSA) is 53.0 Å². The Morgan fingerprint density at radius 3 is 2.68 bits per heavy atom. The minimum atomic E-state index is 0.699. The molecule has 0 radical (unpaired) electrons. The van der Waals surface area contributed by atoms with E-state index < -0.39 is 0 Å². The summed E-state index contributed by atoms with van der Waals surface area (Å²) in [6, 6.07) is 16.0. The van der Waals surface area contributed by atoms with Crippen molar-refractivity contribution in [3.05, 3.63) is 59.2 Å². The first-order valence-corrected chi connectivity index (χ1v) is 6.39. The van der Waals surface area contributed by atoms with Gasteiger partial charge in [-0.2, -0.15) is 5.26 Å². The zero-order chi connectivity index (χ0) is 13.2. The third kappa shape index (κ3) is 2.13. The second-order valence-electron chi connectivity index (χ2n) is 4.84. The molecule has 94 valence electrons. The lowest BCUT2D eigenvalue weighted by atomic mass is 10.1. The lowest BCUT2D eigenvalue weighted by molar-refractivity contribution is 0.837. The predicted octanol–water partition coefficient (Wildman–Crippen LogP) is 2.70. The van der Waals surface area contributed by atoms with Crippen molar-refractivity contribution in [2.45, 2.75) is 13.0 Å². The van der Waals surface area contributed by atoms with Gasteiger partial charge in [-0.3, -0.25) is 0 Å². The molecule has 0 saturated heterocycles. The van der Waals surface area contributed by atoms with Crippen molar-refractivity contribution in [1.29, 1.82) is 5.26 Å². The monoisotopic (exact) mass is 249 g/mol. The quantitative estimate of drug-likeness (QED) is 0.832. The minimum absolute atomic E-state index is 0.699. The highest BCUT2D eigenvalue weighted by Gasteiger charge is 2.21. The van der Waals surface area contributed by atoms with Gasteiger partial charge in [-0.05, 0) is 35.7 Å². The molecule has 0 amide bonds. The molecule has 0 atom stereocenters. The van der Waals surface area contributed by atoms with Crippen LogP contribution in [0, 0.1) is 11.3 Å². The Balaban J connectivity index is 1.85. The van der Waals surface area contributed by atoms with Crippen LogP contribution >= 0.6 is 0 Å². The SMILES string of the molecule is N#Cc1ccc(CN2CCc3cccc(N)c32)cc1. The number of nitriles is 1. The van der Waals surface area contributed by atoms with Crippen molar-refractivity contribution in [1.82, 2.24) is 0 Å². The average molecular weight is 249 g/mol. The van der Waals surface area contributed by atoms with Gasteiger partial charge >= 0.3 is 0 Å². The Hall–Kier alpha value is -2.47. The van der Waals surface area contributed by atoms with Crippen LogP contribution in [0.3, 0.4) is 0 Å². The number of rotatable bonds is 2. The zero-order valence-electron chi connectivity index (χ0n) is 10.6. The van der Waals surface area contributed by atoms with Crippen molar-refractivity contribution in [3.8, 4) is 6.07 Å². The summed E-state index contributed by atoms with van der Waals surface area (Å²) < 4.78 is 0. The van der Waals surface area contributed by atoms with Gasteiger partial charge in [-0.15, -0.1) is 0 Å². The molecular formula is C16H15N3. The van der Waals surface area contributed by atoms with Gasteiger partial charge in [0.15, 0.2) is 0 Å². The fraction of sp³-hybridized carbons (Fsp3) is 0.188. The first-order chi connectivity index (χ1) is 9.28. The van der Waals surface area contributed by atoms with E-state index in [1.54, 1.807) is 0 Å². The summed E-state index contributed by atoms with van der Waals surface area (Å²) in [5, 5.41) is 8.80. The standard InChI is InChI=1S/C16H15N3/c17-10-12-4-6-13(7-5-12)11-19-9-8-14-2-1-3-15(18)16(14)19/h1-7H,8-9,11,18H2. The molecule has 0 aliphatic carbocycles. The molecule has 3 heteroatoms. The molecule has 0 bridgehead atoms. The van der Waals surface area contributed by atoms with E-state index in [1.807, 2.05) is 36.4 Å². The van der Waals surface area contributed by atoms with E-state index in [9.17, 15) is 0 Å². The first kappa shape index (κ1) is 11.6. The Bertz CT molecular complexity index is 638. The average Bonchev–Trinajstić information content (AvgIpc) is 2.84. The van der Waals surface area contributed by atoms with Gasteiger partial charge in [0, 0.05) is 13.1 Å². The molecule has 2 aromatic rings. The minimum Gasteiger partial charge on any atom is -0.397 e. The maximum atomic E-state index is 8.80. The molecule has 3 rings (SSSR count). The van der Waals surface area contributed by atoms with Crippen LogP contribution in [0.2, 0.25) is 0 Å². The molecule has 0 unspecified atom stereocenters. The highest BCUT2D eigenvalue weighted by Crippen LogP contribution is 2.34. The summed E-state index contributed by atoms with van der Waals surface area (Å²) in [4.78, 5) is 2.31. The van der Waals surface area contributed by atoms with E-state index in [4.69, 9.17) is 11.0 Å². The summed E-state index contributed by atoms with van der Waals surface area (Å²) in [7, 11) is 0. The Kier molecular flexibility index (Phi) is 2.85. The highest BCUT2D eigenvalue weighted by atomic mass is 15.2. The molecule has 1 aliphatic rings. The number of hydrogen-bond donors (Lipinski definition) is 1. The number of nitrogens with zero attached hydrogens (tertiary/aromatic N) is 2. The second kappa shape index (κ2) is 4.66. The Morgan fingerprint density at radius 1 is 1.16 bits per heavy atom. The van der Waals surface area contributed by atoms with Crippen molar-refractivity contribution in [2.75, 3.05) is 17.2 Å². The van der Waals surface area contributed by atoms with E-state index in [-0.39, 0.29) is 0 Å². The van der Waals surface area contributed by atoms with Gasteiger partial charge in [-0.1, -0.05) is 24.3 Å². The summed E-state index contributed by atoms with van der Waals surface area (Å²) in [5.41, 5.74) is 11.3. The van der Waals surface area contributed by atoms with Crippen molar-refractivity contribution >= 4 is 11.4 Å². The third-order valence-corrected chi connectivity index (χ3v) is 3.57. The molecule has 19 heavy (non-hydrogen) atoms. The van der Waals surface area contributed by atoms with Gasteiger partial charge in [0.1, 0.15) is 0 Å². The van der Waals surface area contributed by atoms with E-state index in [0.717, 1.165) is 25.2 Å². The number of benzene rings is 2. The normalized spacial score (nSPS) is 13.1. The number of nitrogen functional groups attached to an aromatic ring is 1. The van der Waals surface area contributed by atoms with Gasteiger partial charge < -0.3 is 10.6 Å². The van der Waals surface area contributed by atoms with E-state index in [2.05, 4.69) is 17.0 Å². The summed E-state index contributed by atoms with van der Waals surface area (Å²) >= 11 is 0. The number of para-hydroxylation sites is 1. The van der Waals surface area contributed by atoms with Crippen LogP contribution in [-0.4, -0.2) is 6.54 Å². The van der Waals surface area contributed by atoms with Crippen LogP contribution in [0.1, 0.15) is 16.7 Å². The summed E-state index contributed by atoms with van der Waals surface area (Å²) in [5.74, 6) is 0. The first-order valence-electron chi connectivity index (χ1n) is 6.39. The molecule has 0 saturated carbocycles. The lowest BCUT2D eigenvalue weighted by Crippen LogP contribution is -2.20. The fourth-order valence-corrected chi connectivity index (χ4v) is 2.63. The van der Waals surface area contributed by atoms with Crippen molar-refractivity contribution in [3.63, 3.8) is 0 Å². The van der Waals surface area contributed by atoms with E-state index in [1.165, 1.54) is 16.8 Å². The number of fused-ring (bicyclic) bond motifs is 1. The van der Waals surface area contributed by atoms with Gasteiger partial charge in [0.25, 0.3) is 0 Å². The summed E-state index contributed by atoms with van der Waals surface area (Å²) in [6.45, 7) is 1.84. The molecule has 0 fully saturated rings. The van der Waals surface area contributed by atoms with Crippen LogP contribution in [0.25, 0.3) is 0 Å². The van der Waals surface area contributed by atoms with Gasteiger partial charge in [0.05, 0.1) is 23.0 Å². The molecule has 0 aromatic heterocycles. The molecular weight excluding hydrogens is 234 g/mol. The van der Waals surface area contributed by atoms with Crippen LogP contribution in [0.4, 0.5) is 11.4 Å². The largest absolute Gasteiger partial charge is 0.397 e. The maximum absolute atomic E-state index is 8.80. The molecule has 2 aromatic carbocycles. The molecule has 0 spiro atoms. The predicted molar refractivity (Wildman–Crippen MR) is 76.8 cm³/mol.